The van der Waals surface area contributed by atoms with Gasteiger partial charge in [-0.3, -0.25) is 9.36 Å². The van der Waals surface area contributed by atoms with Gasteiger partial charge in [-0.1, -0.05) is 11.6 Å². The van der Waals surface area contributed by atoms with Gasteiger partial charge in [-0.15, -0.1) is 0 Å². The van der Waals surface area contributed by atoms with Gasteiger partial charge in [0, 0.05) is 16.8 Å². The number of rotatable bonds is 2. The van der Waals surface area contributed by atoms with Crippen LogP contribution in [0, 0.1) is 19.7 Å². The number of hydrogen-bond acceptors (Lipinski definition) is 2. The minimum Gasteiger partial charge on any atom is -0.478 e. The van der Waals surface area contributed by atoms with Crippen LogP contribution in [-0.4, -0.2) is 15.6 Å². The molecule has 0 saturated carbocycles. The molecule has 0 aliphatic heterocycles. The second kappa shape index (κ2) is 5.09. The third kappa shape index (κ3) is 2.32. The van der Waals surface area contributed by atoms with Gasteiger partial charge in [0.25, 0.3) is 5.56 Å². The molecule has 1 aromatic heterocycles. The molecule has 2 aromatic rings. The highest BCUT2D eigenvalue weighted by atomic mass is 35.5. The monoisotopic (exact) mass is 295 g/mol. The SMILES string of the molecule is Cc1cc(=O)n(-c2cc(Cl)ccc2F)c(C)c1C(=O)O. The van der Waals surface area contributed by atoms with Crippen molar-refractivity contribution >= 4 is 17.6 Å². The maximum atomic E-state index is 13.9. The lowest BCUT2D eigenvalue weighted by Crippen LogP contribution is -2.24. The van der Waals surface area contributed by atoms with Gasteiger partial charge in [0.05, 0.1) is 11.3 Å². The maximum Gasteiger partial charge on any atom is 0.337 e. The zero-order chi connectivity index (χ0) is 15.0. The third-order valence-electron chi connectivity index (χ3n) is 3.01. The fraction of sp³-hybridized carbons (Fsp3) is 0.143. The van der Waals surface area contributed by atoms with E-state index in [9.17, 15) is 19.1 Å². The molecule has 0 spiro atoms. The zero-order valence-corrected chi connectivity index (χ0v) is 11.5. The number of halogens is 2. The number of aromatic carboxylic acids is 1. The summed E-state index contributed by atoms with van der Waals surface area (Å²) in [4.78, 5) is 23.3. The molecule has 0 bridgehead atoms. The van der Waals surface area contributed by atoms with Gasteiger partial charge in [0.2, 0.25) is 0 Å². The molecule has 0 atom stereocenters. The van der Waals surface area contributed by atoms with Crippen LogP contribution in [0.5, 0.6) is 0 Å². The first-order valence-corrected chi connectivity index (χ1v) is 6.12. The molecule has 20 heavy (non-hydrogen) atoms. The molecule has 0 aliphatic carbocycles. The highest BCUT2D eigenvalue weighted by Crippen LogP contribution is 2.21. The number of carbonyl (C=O) groups is 1. The van der Waals surface area contributed by atoms with Crippen LogP contribution in [0.15, 0.2) is 29.1 Å². The van der Waals surface area contributed by atoms with Crippen LogP contribution >= 0.6 is 11.6 Å². The smallest absolute Gasteiger partial charge is 0.337 e. The first-order chi connectivity index (χ1) is 9.32. The van der Waals surface area contributed by atoms with Crippen molar-refractivity contribution in [3.63, 3.8) is 0 Å². The van der Waals surface area contributed by atoms with Crippen molar-refractivity contribution < 1.29 is 14.3 Å². The Labute approximate surface area is 119 Å². The molecule has 0 saturated heterocycles. The van der Waals surface area contributed by atoms with Crippen molar-refractivity contribution in [3.8, 4) is 5.69 Å². The Morgan fingerprint density at radius 2 is 1.95 bits per heavy atom. The Hall–Kier alpha value is -2.14. The van der Waals surface area contributed by atoms with Crippen molar-refractivity contribution in [3.05, 3.63) is 62.3 Å². The molecule has 4 nitrogen and oxygen atoms in total. The van der Waals surface area contributed by atoms with Gasteiger partial charge in [-0.05, 0) is 37.6 Å². The van der Waals surface area contributed by atoms with Crippen LogP contribution in [-0.2, 0) is 0 Å². The number of pyridine rings is 1. The van der Waals surface area contributed by atoms with Crippen molar-refractivity contribution in [2.75, 3.05) is 0 Å². The zero-order valence-electron chi connectivity index (χ0n) is 10.8. The van der Waals surface area contributed by atoms with Gasteiger partial charge < -0.3 is 5.11 Å². The van der Waals surface area contributed by atoms with E-state index in [1.807, 2.05) is 0 Å². The molecule has 6 heteroatoms. The van der Waals surface area contributed by atoms with Crippen LogP contribution in [0.2, 0.25) is 5.02 Å². The fourth-order valence-electron chi connectivity index (χ4n) is 2.16. The van der Waals surface area contributed by atoms with E-state index in [-0.39, 0.29) is 22.0 Å². The maximum absolute atomic E-state index is 13.9. The highest BCUT2D eigenvalue weighted by molar-refractivity contribution is 6.30. The summed E-state index contributed by atoms with van der Waals surface area (Å²) in [7, 11) is 0. The van der Waals surface area contributed by atoms with E-state index in [0.29, 0.717) is 5.56 Å². The van der Waals surface area contributed by atoms with Crippen LogP contribution in [0.25, 0.3) is 5.69 Å². The molecule has 104 valence electrons. The van der Waals surface area contributed by atoms with Gasteiger partial charge >= 0.3 is 5.97 Å². The number of benzene rings is 1. The van der Waals surface area contributed by atoms with Crippen molar-refractivity contribution in [2.45, 2.75) is 13.8 Å². The Balaban J connectivity index is 2.88. The summed E-state index contributed by atoms with van der Waals surface area (Å²) in [6.45, 7) is 2.98. The lowest BCUT2D eigenvalue weighted by atomic mass is 10.1. The normalized spacial score (nSPS) is 10.6. The summed E-state index contributed by atoms with van der Waals surface area (Å²) in [6, 6.07) is 4.93. The van der Waals surface area contributed by atoms with E-state index in [0.717, 1.165) is 16.7 Å². The van der Waals surface area contributed by atoms with Gasteiger partial charge in [-0.25, -0.2) is 9.18 Å². The Bertz CT molecular complexity index is 768. The lowest BCUT2D eigenvalue weighted by molar-refractivity contribution is 0.0694. The molecule has 1 aromatic carbocycles. The summed E-state index contributed by atoms with van der Waals surface area (Å²) in [5, 5.41) is 9.45. The van der Waals surface area contributed by atoms with Crippen LogP contribution < -0.4 is 5.56 Å². The van der Waals surface area contributed by atoms with Gasteiger partial charge in [0.1, 0.15) is 5.82 Å². The molecule has 0 radical (unpaired) electrons. The average molecular weight is 296 g/mol. The van der Waals surface area contributed by atoms with E-state index >= 15 is 0 Å². The Morgan fingerprint density at radius 1 is 1.30 bits per heavy atom. The minimum absolute atomic E-state index is 0.0241. The van der Waals surface area contributed by atoms with Gasteiger partial charge in [-0.2, -0.15) is 0 Å². The average Bonchev–Trinajstić information content (AvgIpc) is 2.32. The second-order valence-electron chi connectivity index (χ2n) is 4.36. The van der Waals surface area contributed by atoms with E-state index in [1.165, 1.54) is 26.0 Å². The van der Waals surface area contributed by atoms with Gasteiger partial charge in [0.15, 0.2) is 0 Å². The molecule has 0 unspecified atom stereocenters. The first-order valence-electron chi connectivity index (χ1n) is 5.75. The number of hydrogen-bond donors (Lipinski definition) is 1. The van der Waals surface area contributed by atoms with Crippen molar-refractivity contribution in [1.29, 1.82) is 0 Å². The highest BCUT2D eigenvalue weighted by Gasteiger charge is 2.18. The molecule has 0 fully saturated rings. The van der Waals surface area contributed by atoms with Crippen LogP contribution in [0.3, 0.4) is 0 Å². The third-order valence-corrected chi connectivity index (χ3v) is 3.25. The molecule has 1 heterocycles. The van der Waals surface area contributed by atoms with E-state index in [4.69, 9.17) is 11.6 Å². The predicted octanol–water partition coefficient (Wildman–Crippen LogP) is 2.95. The molecule has 0 amide bonds. The number of carboxylic acid groups (broad SMARTS) is 1. The lowest BCUT2D eigenvalue weighted by Gasteiger charge is -2.14. The second-order valence-corrected chi connectivity index (χ2v) is 4.80. The largest absolute Gasteiger partial charge is 0.478 e. The predicted molar refractivity (Wildman–Crippen MR) is 73.4 cm³/mol. The number of carboxylic acids is 1. The Kier molecular flexibility index (Phi) is 3.63. The van der Waals surface area contributed by atoms with E-state index < -0.39 is 17.3 Å². The van der Waals surface area contributed by atoms with Crippen LogP contribution in [0.4, 0.5) is 4.39 Å². The summed E-state index contributed by atoms with van der Waals surface area (Å²) in [6.07, 6.45) is 0. The van der Waals surface area contributed by atoms with E-state index in [2.05, 4.69) is 0 Å². The topological polar surface area (TPSA) is 59.3 Å². The molecule has 1 N–H and O–H groups in total. The molecule has 2 rings (SSSR count). The number of nitrogens with zero attached hydrogens (tertiary/aromatic N) is 1. The van der Waals surface area contributed by atoms with Crippen molar-refractivity contribution in [2.24, 2.45) is 0 Å². The molecular weight excluding hydrogens is 285 g/mol. The van der Waals surface area contributed by atoms with Crippen LogP contribution in [0.1, 0.15) is 21.6 Å². The number of aryl methyl sites for hydroxylation is 1. The standard InChI is InChI=1S/C14H11ClFNO3/c1-7-5-12(18)17(8(2)13(7)14(19)20)11-6-9(15)3-4-10(11)16/h3-6H,1-2H3,(H,19,20). The summed E-state index contributed by atoms with van der Waals surface area (Å²) in [5.74, 6) is -1.82. The quantitative estimate of drug-likeness (QED) is 0.926. The summed E-state index contributed by atoms with van der Waals surface area (Å²) < 4.78 is 14.9. The fourth-order valence-corrected chi connectivity index (χ4v) is 2.33. The minimum atomic E-state index is -1.17. The first kappa shape index (κ1) is 14.3. The molecule has 0 aliphatic rings. The number of aromatic nitrogens is 1. The summed E-state index contributed by atoms with van der Waals surface area (Å²) >= 11 is 5.81. The Morgan fingerprint density at radius 3 is 2.55 bits per heavy atom. The summed E-state index contributed by atoms with van der Waals surface area (Å²) in [5.41, 5.74) is -0.111. The van der Waals surface area contributed by atoms with E-state index in [1.54, 1.807) is 0 Å². The van der Waals surface area contributed by atoms with Crippen molar-refractivity contribution in [1.82, 2.24) is 4.57 Å². The molecular formula is C14H11ClFNO3.